The molecule has 0 radical (unpaired) electrons. The van der Waals surface area contributed by atoms with Crippen molar-refractivity contribution in [3.8, 4) is 0 Å². The summed E-state index contributed by atoms with van der Waals surface area (Å²) in [6.07, 6.45) is 0. The standard InChI is InChI=1S/C15H15FIN/c1-10-3-8-15(14(16)9-10)18-11(2)12-4-6-13(17)7-5-12/h3-9,11,18H,1-2H3. The van der Waals surface area contributed by atoms with E-state index >= 15 is 0 Å². The van der Waals surface area contributed by atoms with Gasteiger partial charge in [0.2, 0.25) is 0 Å². The van der Waals surface area contributed by atoms with Crippen molar-refractivity contribution in [1.29, 1.82) is 0 Å². The van der Waals surface area contributed by atoms with E-state index in [-0.39, 0.29) is 11.9 Å². The zero-order valence-corrected chi connectivity index (χ0v) is 12.5. The Balaban J connectivity index is 2.15. The Labute approximate surface area is 121 Å². The van der Waals surface area contributed by atoms with Gasteiger partial charge in [-0.3, -0.25) is 0 Å². The van der Waals surface area contributed by atoms with Gasteiger partial charge in [0.15, 0.2) is 0 Å². The third-order valence-electron chi connectivity index (χ3n) is 2.87. The van der Waals surface area contributed by atoms with Crippen LogP contribution in [0.2, 0.25) is 0 Å². The van der Waals surface area contributed by atoms with Crippen LogP contribution in [0.4, 0.5) is 10.1 Å². The van der Waals surface area contributed by atoms with E-state index in [1.807, 2.05) is 19.9 Å². The minimum Gasteiger partial charge on any atom is -0.376 e. The molecule has 18 heavy (non-hydrogen) atoms. The quantitative estimate of drug-likeness (QED) is 0.772. The van der Waals surface area contributed by atoms with Crippen molar-refractivity contribution >= 4 is 28.3 Å². The molecule has 1 N–H and O–H groups in total. The van der Waals surface area contributed by atoms with E-state index in [1.54, 1.807) is 12.1 Å². The lowest BCUT2D eigenvalue weighted by molar-refractivity contribution is 0.626. The predicted octanol–water partition coefficient (Wildman–Crippen LogP) is 4.91. The van der Waals surface area contributed by atoms with Gasteiger partial charge in [-0.05, 0) is 71.8 Å². The van der Waals surface area contributed by atoms with Gasteiger partial charge in [0.05, 0.1) is 5.69 Å². The highest BCUT2D eigenvalue weighted by molar-refractivity contribution is 14.1. The topological polar surface area (TPSA) is 12.0 Å². The average molecular weight is 355 g/mol. The summed E-state index contributed by atoms with van der Waals surface area (Å²) in [5.74, 6) is -0.202. The molecular weight excluding hydrogens is 340 g/mol. The van der Waals surface area contributed by atoms with Gasteiger partial charge >= 0.3 is 0 Å². The molecule has 0 aliphatic heterocycles. The van der Waals surface area contributed by atoms with E-state index in [2.05, 4.69) is 52.2 Å². The lowest BCUT2D eigenvalue weighted by Gasteiger charge is -2.16. The van der Waals surface area contributed by atoms with Crippen LogP contribution in [0.5, 0.6) is 0 Å². The Morgan fingerprint density at radius 1 is 1.11 bits per heavy atom. The highest BCUT2D eigenvalue weighted by Crippen LogP contribution is 2.22. The largest absolute Gasteiger partial charge is 0.376 e. The molecule has 94 valence electrons. The van der Waals surface area contributed by atoms with Crippen molar-refractivity contribution in [2.24, 2.45) is 0 Å². The summed E-state index contributed by atoms with van der Waals surface area (Å²) in [5, 5.41) is 3.20. The summed E-state index contributed by atoms with van der Waals surface area (Å²) in [5.41, 5.74) is 2.63. The first kappa shape index (κ1) is 13.3. The van der Waals surface area contributed by atoms with Crippen molar-refractivity contribution in [1.82, 2.24) is 0 Å². The van der Waals surface area contributed by atoms with Crippen molar-refractivity contribution in [2.75, 3.05) is 5.32 Å². The van der Waals surface area contributed by atoms with Crippen molar-refractivity contribution in [2.45, 2.75) is 19.9 Å². The molecule has 0 bridgehead atoms. The van der Waals surface area contributed by atoms with E-state index in [4.69, 9.17) is 0 Å². The fourth-order valence-electron chi connectivity index (χ4n) is 1.81. The van der Waals surface area contributed by atoms with Crippen LogP contribution < -0.4 is 5.32 Å². The van der Waals surface area contributed by atoms with E-state index < -0.39 is 0 Å². The molecular formula is C15H15FIN. The first-order valence-electron chi connectivity index (χ1n) is 5.84. The van der Waals surface area contributed by atoms with Crippen LogP contribution in [0.15, 0.2) is 42.5 Å². The first-order chi connectivity index (χ1) is 8.56. The molecule has 0 heterocycles. The van der Waals surface area contributed by atoms with Gasteiger partial charge in [0, 0.05) is 9.61 Å². The minimum absolute atomic E-state index is 0.0826. The van der Waals surface area contributed by atoms with Gasteiger partial charge in [-0.25, -0.2) is 4.39 Å². The molecule has 0 saturated carbocycles. The number of anilines is 1. The zero-order valence-electron chi connectivity index (χ0n) is 10.4. The minimum atomic E-state index is -0.202. The molecule has 0 aliphatic rings. The second-order valence-corrected chi connectivity index (χ2v) is 5.65. The van der Waals surface area contributed by atoms with Crippen molar-refractivity contribution in [3.05, 3.63) is 63.0 Å². The molecule has 3 heteroatoms. The Kier molecular flexibility index (Phi) is 4.22. The van der Waals surface area contributed by atoms with Gasteiger partial charge < -0.3 is 5.32 Å². The predicted molar refractivity (Wildman–Crippen MR) is 82.3 cm³/mol. The Bertz CT molecular complexity index is 537. The molecule has 0 spiro atoms. The van der Waals surface area contributed by atoms with E-state index in [9.17, 15) is 4.39 Å². The lowest BCUT2D eigenvalue weighted by Crippen LogP contribution is -2.08. The summed E-state index contributed by atoms with van der Waals surface area (Å²) in [6, 6.07) is 13.6. The van der Waals surface area contributed by atoms with Crippen molar-refractivity contribution in [3.63, 3.8) is 0 Å². The molecule has 0 amide bonds. The lowest BCUT2D eigenvalue weighted by atomic mass is 10.1. The van der Waals surface area contributed by atoms with Crippen LogP contribution in [0, 0.1) is 16.3 Å². The average Bonchev–Trinajstić information content (AvgIpc) is 2.33. The monoisotopic (exact) mass is 355 g/mol. The number of hydrogen-bond donors (Lipinski definition) is 1. The van der Waals surface area contributed by atoms with Crippen molar-refractivity contribution < 1.29 is 4.39 Å². The maximum absolute atomic E-state index is 13.7. The number of halogens is 2. The fraction of sp³-hybridized carbons (Fsp3) is 0.200. The smallest absolute Gasteiger partial charge is 0.146 e. The highest BCUT2D eigenvalue weighted by atomic mass is 127. The summed E-state index contributed by atoms with van der Waals surface area (Å²) >= 11 is 2.27. The Morgan fingerprint density at radius 2 is 1.78 bits per heavy atom. The molecule has 0 aliphatic carbocycles. The van der Waals surface area contributed by atoms with Crippen LogP contribution in [0.25, 0.3) is 0 Å². The molecule has 2 aromatic rings. The summed E-state index contributed by atoms with van der Waals surface area (Å²) < 4.78 is 14.9. The molecule has 0 saturated heterocycles. The summed E-state index contributed by atoms with van der Waals surface area (Å²) in [4.78, 5) is 0. The maximum atomic E-state index is 13.7. The van der Waals surface area contributed by atoms with Gasteiger partial charge in [-0.1, -0.05) is 18.2 Å². The third-order valence-corrected chi connectivity index (χ3v) is 3.59. The first-order valence-corrected chi connectivity index (χ1v) is 6.92. The van der Waals surface area contributed by atoms with Gasteiger partial charge in [-0.15, -0.1) is 0 Å². The zero-order chi connectivity index (χ0) is 13.1. The molecule has 1 unspecified atom stereocenters. The normalized spacial score (nSPS) is 12.2. The second-order valence-electron chi connectivity index (χ2n) is 4.40. The van der Waals surface area contributed by atoms with Gasteiger partial charge in [0.25, 0.3) is 0 Å². The molecule has 1 nitrogen and oxygen atoms in total. The van der Waals surface area contributed by atoms with Gasteiger partial charge in [-0.2, -0.15) is 0 Å². The summed E-state index contributed by atoms with van der Waals surface area (Å²) in [6.45, 7) is 3.91. The number of rotatable bonds is 3. The van der Waals surface area contributed by atoms with Crippen LogP contribution in [-0.2, 0) is 0 Å². The number of hydrogen-bond acceptors (Lipinski definition) is 1. The third kappa shape index (κ3) is 3.22. The summed E-state index contributed by atoms with van der Waals surface area (Å²) in [7, 11) is 0. The van der Waals surface area contributed by atoms with E-state index in [0.717, 1.165) is 11.1 Å². The molecule has 2 aromatic carbocycles. The molecule has 0 aromatic heterocycles. The molecule has 2 rings (SSSR count). The van der Waals surface area contributed by atoms with Crippen LogP contribution in [0.1, 0.15) is 24.1 Å². The number of nitrogens with one attached hydrogen (secondary N) is 1. The Hall–Kier alpha value is -1.10. The Morgan fingerprint density at radius 3 is 2.39 bits per heavy atom. The van der Waals surface area contributed by atoms with Crippen LogP contribution in [0.3, 0.4) is 0 Å². The second kappa shape index (κ2) is 5.69. The maximum Gasteiger partial charge on any atom is 0.146 e. The highest BCUT2D eigenvalue weighted by Gasteiger charge is 2.08. The SMILES string of the molecule is Cc1ccc(NC(C)c2ccc(I)cc2)c(F)c1. The van der Waals surface area contributed by atoms with Crippen LogP contribution in [-0.4, -0.2) is 0 Å². The molecule has 1 atom stereocenters. The van der Waals surface area contributed by atoms with Gasteiger partial charge in [0.1, 0.15) is 5.82 Å². The number of aryl methyl sites for hydroxylation is 1. The number of benzene rings is 2. The van der Waals surface area contributed by atoms with E-state index in [0.29, 0.717) is 5.69 Å². The van der Waals surface area contributed by atoms with Crippen LogP contribution >= 0.6 is 22.6 Å². The fourth-order valence-corrected chi connectivity index (χ4v) is 2.16. The van der Waals surface area contributed by atoms with E-state index in [1.165, 1.54) is 3.57 Å². The molecule has 0 fully saturated rings.